The summed E-state index contributed by atoms with van der Waals surface area (Å²) < 4.78 is 10.3. The van der Waals surface area contributed by atoms with Gasteiger partial charge < -0.3 is 19.2 Å². The Hall–Kier alpha value is -2.57. The van der Waals surface area contributed by atoms with Crippen LogP contribution in [0.4, 0.5) is 4.79 Å². The van der Waals surface area contributed by atoms with Crippen molar-refractivity contribution >= 4 is 17.8 Å². The van der Waals surface area contributed by atoms with Gasteiger partial charge in [0.2, 0.25) is 0 Å². The van der Waals surface area contributed by atoms with E-state index < -0.39 is 18.0 Å². The summed E-state index contributed by atoms with van der Waals surface area (Å²) >= 11 is 0. The molecule has 7 heteroatoms. The van der Waals surface area contributed by atoms with Crippen LogP contribution in [0.5, 0.6) is 0 Å². The molecule has 1 fully saturated rings. The van der Waals surface area contributed by atoms with Gasteiger partial charge in [0, 0.05) is 6.54 Å². The van der Waals surface area contributed by atoms with Gasteiger partial charge in [-0.25, -0.2) is 4.79 Å². The third kappa shape index (κ3) is 4.45. The molecule has 1 aliphatic heterocycles. The zero-order valence-electron chi connectivity index (χ0n) is 13.2. The Labute approximate surface area is 134 Å². The number of benzene rings is 1. The van der Waals surface area contributed by atoms with E-state index in [0.29, 0.717) is 5.71 Å². The average molecular weight is 320 g/mol. The van der Waals surface area contributed by atoms with Crippen molar-refractivity contribution in [2.24, 2.45) is 11.1 Å². The molecule has 1 aromatic rings. The number of likely N-dealkylation sites (tertiary alicyclic amines) is 1. The van der Waals surface area contributed by atoms with Crippen LogP contribution in [0.2, 0.25) is 0 Å². The van der Waals surface area contributed by atoms with Crippen LogP contribution in [0.25, 0.3) is 0 Å². The van der Waals surface area contributed by atoms with E-state index in [1.807, 2.05) is 30.3 Å². The molecular formula is C16H20N2O5. The standard InChI is InChI=1S/C16H20N2O5/c1-3-22-15(19)13-9-18(10-14(13)17-21-2)16(20)23-11-12-7-5-4-6-8-12/h4-8,13H,3,9-11H2,1-2H3/b17-14-. The molecule has 0 bridgehead atoms. The zero-order chi connectivity index (χ0) is 16.7. The fraction of sp³-hybridized carbons (Fsp3) is 0.438. The van der Waals surface area contributed by atoms with E-state index in [1.54, 1.807) is 6.92 Å². The molecule has 0 N–H and O–H groups in total. The number of rotatable bonds is 5. The Morgan fingerprint density at radius 1 is 1.26 bits per heavy atom. The first kappa shape index (κ1) is 16.8. The van der Waals surface area contributed by atoms with Crippen molar-refractivity contribution in [1.82, 2.24) is 4.90 Å². The van der Waals surface area contributed by atoms with Crippen molar-refractivity contribution < 1.29 is 23.9 Å². The zero-order valence-corrected chi connectivity index (χ0v) is 13.2. The molecule has 124 valence electrons. The number of nitrogens with zero attached hydrogens (tertiary/aromatic N) is 2. The number of hydrogen-bond donors (Lipinski definition) is 0. The normalized spacial score (nSPS) is 18.8. The van der Waals surface area contributed by atoms with Crippen LogP contribution in [-0.4, -0.2) is 49.5 Å². The van der Waals surface area contributed by atoms with Crippen molar-refractivity contribution in [3.63, 3.8) is 0 Å². The lowest BCUT2D eigenvalue weighted by Crippen LogP contribution is -2.30. The number of oxime groups is 1. The second-order valence-electron chi connectivity index (χ2n) is 4.99. The Kier molecular flexibility index (Phi) is 5.96. The predicted octanol–water partition coefficient (Wildman–Crippen LogP) is 1.82. The topological polar surface area (TPSA) is 77.4 Å². The minimum atomic E-state index is -0.612. The maximum atomic E-state index is 12.2. The highest BCUT2D eigenvalue weighted by Crippen LogP contribution is 2.18. The lowest BCUT2D eigenvalue weighted by Gasteiger charge is -2.15. The monoisotopic (exact) mass is 320 g/mol. The molecule has 2 rings (SSSR count). The van der Waals surface area contributed by atoms with Crippen molar-refractivity contribution in [2.45, 2.75) is 13.5 Å². The van der Waals surface area contributed by atoms with Crippen molar-refractivity contribution in [2.75, 3.05) is 26.8 Å². The Balaban J connectivity index is 1.96. The van der Waals surface area contributed by atoms with Gasteiger partial charge in [0.25, 0.3) is 0 Å². The van der Waals surface area contributed by atoms with Crippen LogP contribution < -0.4 is 0 Å². The molecule has 1 aliphatic rings. The molecule has 1 unspecified atom stereocenters. The molecule has 1 heterocycles. The molecule has 0 radical (unpaired) electrons. The molecule has 7 nitrogen and oxygen atoms in total. The van der Waals surface area contributed by atoms with Crippen LogP contribution >= 0.6 is 0 Å². The molecule has 23 heavy (non-hydrogen) atoms. The van der Waals surface area contributed by atoms with E-state index in [4.69, 9.17) is 14.3 Å². The summed E-state index contributed by atoms with van der Waals surface area (Å²) in [7, 11) is 1.39. The molecule has 1 atom stereocenters. The maximum Gasteiger partial charge on any atom is 0.410 e. The van der Waals surface area contributed by atoms with E-state index >= 15 is 0 Å². The van der Waals surface area contributed by atoms with E-state index in [9.17, 15) is 9.59 Å². The summed E-state index contributed by atoms with van der Waals surface area (Å²) in [6, 6.07) is 9.38. The molecule has 0 aliphatic carbocycles. The van der Waals surface area contributed by atoms with E-state index in [-0.39, 0.29) is 26.3 Å². The van der Waals surface area contributed by atoms with E-state index in [1.165, 1.54) is 12.0 Å². The third-order valence-electron chi connectivity index (χ3n) is 3.40. The number of amides is 1. The van der Waals surface area contributed by atoms with Crippen molar-refractivity contribution in [3.8, 4) is 0 Å². The van der Waals surface area contributed by atoms with Crippen LogP contribution in [0.1, 0.15) is 12.5 Å². The fourth-order valence-electron chi connectivity index (χ4n) is 2.31. The molecule has 0 aromatic heterocycles. The molecule has 1 saturated heterocycles. The lowest BCUT2D eigenvalue weighted by atomic mass is 10.1. The first-order valence-electron chi connectivity index (χ1n) is 7.37. The Bertz CT molecular complexity index is 573. The smallest absolute Gasteiger partial charge is 0.410 e. The molecule has 0 saturated carbocycles. The summed E-state index contributed by atoms with van der Waals surface area (Å²) in [4.78, 5) is 30.3. The summed E-state index contributed by atoms with van der Waals surface area (Å²) in [6.45, 7) is 2.54. The van der Waals surface area contributed by atoms with Gasteiger partial charge in [-0.15, -0.1) is 0 Å². The van der Waals surface area contributed by atoms with E-state index in [0.717, 1.165) is 5.56 Å². The van der Waals surface area contributed by atoms with Gasteiger partial charge in [0.1, 0.15) is 19.6 Å². The van der Waals surface area contributed by atoms with Crippen LogP contribution in [0, 0.1) is 5.92 Å². The Morgan fingerprint density at radius 3 is 2.65 bits per heavy atom. The maximum absolute atomic E-state index is 12.2. The molecule has 1 amide bonds. The van der Waals surface area contributed by atoms with Crippen LogP contribution in [0.15, 0.2) is 35.5 Å². The molecule has 1 aromatic carbocycles. The van der Waals surface area contributed by atoms with Gasteiger partial charge in [-0.1, -0.05) is 35.5 Å². The van der Waals surface area contributed by atoms with Gasteiger partial charge in [-0.3, -0.25) is 4.79 Å². The quantitative estimate of drug-likeness (QED) is 0.611. The second-order valence-corrected chi connectivity index (χ2v) is 4.99. The highest BCUT2D eigenvalue weighted by Gasteiger charge is 2.39. The molecule has 0 spiro atoms. The predicted molar refractivity (Wildman–Crippen MR) is 82.8 cm³/mol. The largest absolute Gasteiger partial charge is 0.465 e. The fourth-order valence-corrected chi connectivity index (χ4v) is 2.31. The first-order chi connectivity index (χ1) is 11.2. The minimum absolute atomic E-state index is 0.175. The summed E-state index contributed by atoms with van der Waals surface area (Å²) in [6.07, 6.45) is -0.496. The van der Waals surface area contributed by atoms with Crippen LogP contribution in [0.3, 0.4) is 0 Å². The minimum Gasteiger partial charge on any atom is -0.465 e. The van der Waals surface area contributed by atoms with Crippen LogP contribution in [-0.2, 0) is 25.7 Å². The van der Waals surface area contributed by atoms with E-state index in [2.05, 4.69) is 5.16 Å². The SMILES string of the molecule is CCOC(=O)C1CN(C(=O)OCc2ccccc2)C/C1=N/OC. The van der Waals surface area contributed by atoms with Gasteiger partial charge in [-0.05, 0) is 12.5 Å². The average Bonchev–Trinajstić information content (AvgIpc) is 2.98. The van der Waals surface area contributed by atoms with Crippen molar-refractivity contribution in [1.29, 1.82) is 0 Å². The van der Waals surface area contributed by atoms with Gasteiger partial charge in [0.15, 0.2) is 0 Å². The molecular weight excluding hydrogens is 300 g/mol. The summed E-state index contributed by atoms with van der Waals surface area (Å²) in [5, 5.41) is 3.83. The number of esters is 1. The van der Waals surface area contributed by atoms with Gasteiger partial charge in [-0.2, -0.15) is 0 Å². The first-order valence-corrected chi connectivity index (χ1v) is 7.37. The summed E-state index contributed by atoms with van der Waals surface area (Å²) in [5.74, 6) is -1.03. The summed E-state index contributed by atoms with van der Waals surface area (Å²) in [5.41, 5.74) is 1.36. The third-order valence-corrected chi connectivity index (χ3v) is 3.40. The number of carbonyl (C=O) groups excluding carboxylic acids is 2. The number of hydrogen-bond acceptors (Lipinski definition) is 6. The number of carbonyl (C=O) groups is 2. The second kappa shape index (κ2) is 8.17. The van der Waals surface area contributed by atoms with Gasteiger partial charge in [0.05, 0.1) is 18.9 Å². The number of ether oxygens (including phenoxy) is 2. The lowest BCUT2D eigenvalue weighted by molar-refractivity contribution is -0.145. The Morgan fingerprint density at radius 2 is 2.00 bits per heavy atom. The highest BCUT2D eigenvalue weighted by atomic mass is 16.6. The van der Waals surface area contributed by atoms with Gasteiger partial charge >= 0.3 is 12.1 Å². The highest BCUT2D eigenvalue weighted by molar-refractivity contribution is 6.06. The van der Waals surface area contributed by atoms with Crippen molar-refractivity contribution in [3.05, 3.63) is 35.9 Å².